The lowest BCUT2D eigenvalue weighted by Crippen LogP contribution is -2.43. The van der Waals surface area contributed by atoms with Crippen LogP contribution in [0.2, 0.25) is 0 Å². The minimum absolute atomic E-state index is 0.00921. The Bertz CT molecular complexity index is 1940. The molecule has 7 unspecified atom stereocenters. The van der Waals surface area contributed by atoms with Crippen molar-refractivity contribution in [1.29, 1.82) is 0 Å². The number of hydrogen-bond donors (Lipinski definition) is 1. The zero-order valence-electron chi connectivity index (χ0n) is 25.0. The molecule has 4 aromatic rings. The van der Waals surface area contributed by atoms with Crippen molar-refractivity contribution in [3.05, 3.63) is 104 Å². The largest absolute Gasteiger partial charge is 0.497 e. The molecule has 11 heteroatoms. The van der Waals surface area contributed by atoms with Crippen molar-refractivity contribution in [2.24, 2.45) is 29.6 Å². The van der Waals surface area contributed by atoms with E-state index in [-0.39, 0.29) is 58.1 Å². The number of imide groups is 1. The molecule has 2 aliphatic heterocycles. The minimum atomic E-state index is -0.474. The number of aryl methyl sites for hydroxylation is 1. The van der Waals surface area contributed by atoms with Crippen LogP contribution in [-0.2, 0) is 20.9 Å². The first-order chi connectivity index (χ1) is 22.2. The third-order valence-electron chi connectivity index (χ3n) is 10.1. The van der Waals surface area contributed by atoms with Gasteiger partial charge >= 0.3 is 4.87 Å². The van der Waals surface area contributed by atoms with Crippen molar-refractivity contribution in [2.45, 2.75) is 36.1 Å². The van der Waals surface area contributed by atoms with Crippen molar-refractivity contribution in [3.8, 4) is 5.75 Å². The summed E-state index contributed by atoms with van der Waals surface area (Å²) in [5.74, 6) is -1.74. The van der Waals surface area contributed by atoms with Crippen LogP contribution in [0.25, 0.3) is 0 Å². The quantitative estimate of drug-likeness (QED) is 0.269. The van der Waals surface area contributed by atoms with Gasteiger partial charge in [0, 0.05) is 21.7 Å². The second-order valence-electron chi connectivity index (χ2n) is 12.6. The van der Waals surface area contributed by atoms with Gasteiger partial charge in [-0.2, -0.15) is 0 Å². The third-order valence-corrected chi connectivity index (χ3v) is 12.9. The van der Waals surface area contributed by atoms with Crippen LogP contribution in [0, 0.1) is 42.3 Å². The molecule has 2 saturated carbocycles. The van der Waals surface area contributed by atoms with Crippen LogP contribution in [0.1, 0.15) is 28.3 Å². The summed E-state index contributed by atoms with van der Waals surface area (Å²) in [6.45, 7) is 1.84. The van der Waals surface area contributed by atoms with Gasteiger partial charge in [-0.3, -0.25) is 28.6 Å². The number of aromatic nitrogens is 1. The Morgan fingerprint density at radius 1 is 0.935 bits per heavy atom. The molecule has 3 heterocycles. The number of methoxy groups -OCH3 is 1. The molecule has 3 amide bonds. The van der Waals surface area contributed by atoms with E-state index in [9.17, 15) is 23.6 Å². The fourth-order valence-electron chi connectivity index (χ4n) is 8.26. The summed E-state index contributed by atoms with van der Waals surface area (Å²) in [7, 11) is 1.61. The summed E-state index contributed by atoms with van der Waals surface area (Å²) in [6.07, 6.45) is 0.742. The van der Waals surface area contributed by atoms with Crippen LogP contribution in [0.4, 0.5) is 15.8 Å². The van der Waals surface area contributed by atoms with Crippen molar-refractivity contribution >= 4 is 52.2 Å². The predicted octanol–water partition coefficient (Wildman–Crippen LogP) is 5.68. The Morgan fingerprint density at radius 2 is 1.61 bits per heavy atom. The molecule has 2 bridgehead atoms. The molecule has 8 rings (SSSR count). The van der Waals surface area contributed by atoms with Crippen LogP contribution < -0.4 is 19.8 Å². The van der Waals surface area contributed by atoms with E-state index in [4.69, 9.17) is 4.74 Å². The van der Waals surface area contributed by atoms with E-state index in [0.29, 0.717) is 17.1 Å². The Morgan fingerprint density at radius 3 is 2.28 bits per heavy atom. The fraction of sp³-hybridized carbons (Fsp3) is 0.314. The maximum Gasteiger partial charge on any atom is 0.308 e. The molecule has 8 nitrogen and oxygen atoms in total. The first-order valence-corrected chi connectivity index (χ1v) is 17.0. The summed E-state index contributed by atoms with van der Waals surface area (Å²) in [4.78, 5) is 56.6. The summed E-state index contributed by atoms with van der Waals surface area (Å²) < 4.78 is 20.7. The van der Waals surface area contributed by atoms with Crippen molar-refractivity contribution in [1.82, 2.24) is 4.57 Å². The third kappa shape index (κ3) is 4.46. The molecule has 3 aromatic carbocycles. The molecule has 4 aliphatic rings. The van der Waals surface area contributed by atoms with E-state index in [1.54, 1.807) is 23.4 Å². The number of carbonyl (C=O) groups excluding carboxylic acids is 3. The van der Waals surface area contributed by atoms with Crippen LogP contribution in [0.15, 0.2) is 82.6 Å². The van der Waals surface area contributed by atoms with Gasteiger partial charge in [-0.25, -0.2) is 4.39 Å². The second-order valence-corrected chi connectivity index (χ2v) is 14.7. The SMILES string of the molecule is COc1ccc(C2c3sc(=O)n(CC(=O)Nc4ccc(C)cc4)c3SC3C4CC(C5C(=O)N(c6ccc(F)cc6)C(=O)C45)C23)cc1. The van der Waals surface area contributed by atoms with E-state index in [1.165, 1.54) is 29.2 Å². The predicted molar refractivity (Wildman–Crippen MR) is 174 cm³/mol. The molecule has 1 aromatic heterocycles. The van der Waals surface area contributed by atoms with Gasteiger partial charge in [0.15, 0.2) is 0 Å². The lowest BCUT2D eigenvalue weighted by molar-refractivity contribution is -0.123. The van der Waals surface area contributed by atoms with E-state index in [0.717, 1.165) is 38.8 Å². The molecule has 2 aliphatic carbocycles. The number of carbonyl (C=O) groups is 3. The number of halogens is 1. The summed E-state index contributed by atoms with van der Waals surface area (Å²) >= 11 is 2.74. The number of nitrogens with one attached hydrogen (secondary N) is 1. The normalized spacial score (nSPS) is 27.4. The van der Waals surface area contributed by atoms with Crippen molar-refractivity contribution in [3.63, 3.8) is 0 Å². The number of thiazole rings is 1. The van der Waals surface area contributed by atoms with Crippen LogP contribution in [0.5, 0.6) is 5.75 Å². The maximum absolute atomic E-state index is 14.0. The molecule has 7 atom stereocenters. The van der Waals surface area contributed by atoms with Gasteiger partial charge in [0.05, 0.1) is 29.7 Å². The van der Waals surface area contributed by atoms with E-state index < -0.39 is 17.7 Å². The lowest BCUT2D eigenvalue weighted by atomic mass is 9.68. The van der Waals surface area contributed by atoms with Crippen LogP contribution in [-0.4, -0.2) is 34.6 Å². The molecule has 0 spiro atoms. The average Bonchev–Trinajstić information content (AvgIpc) is 3.77. The first-order valence-electron chi connectivity index (χ1n) is 15.3. The number of anilines is 2. The smallest absolute Gasteiger partial charge is 0.308 e. The number of nitrogens with zero attached hydrogens (tertiary/aromatic N) is 2. The molecule has 46 heavy (non-hydrogen) atoms. The fourth-order valence-corrected chi connectivity index (χ4v) is 11.4. The number of hydrogen-bond acceptors (Lipinski definition) is 7. The molecule has 234 valence electrons. The van der Waals surface area contributed by atoms with E-state index in [1.807, 2.05) is 55.5 Å². The van der Waals surface area contributed by atoms with Gasteiger partial charge in [-0.1, -0.05) is 41.2 Å². The maximum atomic E-state index is 14.0. The number of ether oxygens (including phenoxy) is 1. The van der Waals surface area contributed by atoms with Crippen LogP contribution in [0.3, 0.4) is 0 Å². The molecule has 0 radical (unpaired) electrons. The van der Waals surface area contributed by atoms with Crippen molar-refractivity contribution < 1.29 is 23.5 Å². The molecular formula is C35H30FN3O5S2. The highest BCUT2D eigenvalue weighted by molar-refractivity contribution is 8.00. The Kier molecular flexibility index (Phi) is 6.95. The monoisotopic (exact) mass is 655 g/mol. The number of rotatable bonds is 6. The minimum Gasteiger partial charge on any atom is -0.497 e. The zero-order chi connectivity index (χ0) is 31.9. The van der Waals surface area contributed by atoms with Crippen molar-refractivity contribution in [2.75, 3.05) is 17.3 Å². The van der Waals surface area contributed by atoms with Gasteiger partial charge in [0.1, 0.15) is 18.1 Å². The average molecular weight is 656 g/mol. The van der Waals surface area contributed by atoms with E-state index >= 15 is 0 Å². The van der Waals surface area contributed by atoms with Gasteiger partial charge in [-0.15, -0.1) is 11.8 Å². The number of thioether (sulfide) groups is 1. The Labute approximate surface area is 272 Å². The van der Waals surface area contributed by atoms with Gasteiger partial charge < -0.3 is 10.1 Å². The highest BCUT2D eigenvalue weighted by Gasteiger charge is 2.69. The number of amides is 3. The number of fused-ring (bicyclic) bond motifs is 9. The zero-order valence-corrected chi connectivity index (χ0v) is 26.6. The van der Waals surface area contributed by atoms with Gasteiger partial charge in [0.25, 0.3) is 0 Å². The molecular weight excluding hydrogens is 626 g/mol. The van der Waals surface area contributed by atoms with E-state index in [2.05, 4.69) is 5.32 Å². The van der Waals surface area contributed by atoms with Gasteiger partial charge in [0.2, 0.25) is 17.7 Å². The Balaban J connectivity index is 1.17. The topological polar surface area (TPSA) is 97.7 Å². The summed E-state index contributed by atoms with van der Waals surface area (Å²) in [5.41, 5.74) is 3.13. The highest BCUT2D eigenvalue weighted by atomic mass is 32.2. The standard InChI is InChI=1S/C35H30FN3O5S2/c1-17-3-9-20(10-4-17)37-25(40)16-38-34-31(46-35(38)43)26(18-5-13-22(44-2)14-6-18)27-23-15-24(30(27)45-34)29-28(23)32(41)39(33(29)42)21-11-7-19(36)8-12-21/h3-14,23-24,26-30H,15-16H2,1-2H3,(H,37,40). The molecule has 3 fully saturated rings. The molecule has 1 N–H and O–H groups in total. The number of benzene rings is 3. The summed E-state index contributed by atoms with van der Waals surface area (Å²) in [5, 5.41) is 3.63. The van der Waals surface area contributed by atoms with Crippen LogP contribution >= 0.6 is 23.1 Å². The Hall–Kier alpha value is -4.22. The summed E-state index contributed by atoms with van der Waals surface area (Å²) in [6, 6.07) is 20.8. The van der Waals surface area contributed by atoms with Gasteiger partial charge in [-0.05, 0) is 85.2 Å². The second kappa shape index (κ2) is 10.9. The lowest BCUT2D eigenvalue weighted by Gasteiger charge is -2.43. The first kappa shape index (κ1) is 29.2. The molecule has 1 saturated heterocycles. The highest BCUT2D eigenvalue weighted by Crippen LogP contribution is 2.69.